The number of fused-ring (bicyclic) bond motifs is 1. The fourth-order valence-corrected chi connectivity index (χ4v) is 10.8. The van der Waals surface area contributed by atoms with Gasteiger partial charge in [-0.25, -0.2) is 0 Å². The number of benzene rings is 2. The molecule has 0 aliphatic rings. The molecule has 0 amide bonds. The summed E-state index contributed by atoms with van der Waals surface area (Å²) in [5, 5.41) is 0.991. The first-order valence-corrected chi connectivity index (χ1v) is 19.1. The molecule has 0 bridgehead atoms. The minimum absolute atomic E-state index is 0.348. The van der Waals surface area contributed by atoms with Gasteiger partial charge in [0.25, 0.3) is 0 Å². The van der Waals surface area contributed by atoms with Crippen LogP contribution >= 0.6 is 0 Å². The molecule has 2 aromatic carbocycles. The molecule has 0 N–H and O–H groups in total. The van der Waals surface area contributed by atoms with E-state index in [1.165, 1.54) is 0 Å². The zero-order valence-electron chi connectivity index (χ0n) is 13.9. The molecule has 3 nitrogen and oxygen atoms in total. The van der Waals surface area contributed by atoms with Gasteiger partial charge < -0.3 is 0 Å². The van der Waals surface area contributed by atoms with Crippen LogP contribution in [-0.4, -0.2) is 30.8 Å². The van der Waals surface area contributed by atoms with Gasteiger partial charge in [0.15, 0.2) is 0 Å². The third kappa shape index (κ3) is 2.94. The molecule has 120 valence electrons. The second kappa shape index (κ2) is 5.67. The third-order valence-corrected chi connectivity index (χ3v) is 11.6. The molecule has 3 rings (SSSR count). The zero-order valence-corrected chi connectivity index (χ0v) is 17.5. The molecule has 0 radical (unpaired) electrons. The molecule has 5 heteroatoms. The maximum atomic E-state index is 13.3. The van der Waals surface area contributed by atoms with Gasteiger partial charge in [0.1, 0.15) is 0 Å². The molecule has 0 aliphatic heterocycles. The Kier molecular flexibility index (Phi) is 4.09. The van der Waals surface area contributed by atoms with Crippen LogP contribution in [0.15, 0.2) is 59.5 Å². The summed E-state index contributed by atoms with van der Waals surface area (Å²) >= 11 is -2.62. The predicted molar refractivity (Wildman–Crippen MR) is 98.7 cm³/mol. The van der Waals surface area contributed by atoms with Crippen LogP contribution in [0.5, 0.6) is 0 Å². The Balaban J connectivity index is 2.36. The van der Waals surface area contributed by atoms with Crippen molar-refractivity contribution in [2.45, 2.75) is 26.6 Å². The summed E-state index contributed by atoms with van der Waals surface area (Å²) in [4.78, 5) is 7.07. The van der Waals surface area contributed by atoms with Crippen molar-refractivity contribution < 1.29 is 8.42 Å². The third-order valence-electron chi connectivity index (χ3n) is 3.99. The van der Waals surface area contributed by atoms with Gasteiger partial charge in [-0.3, -0.25) is 0 Å². The quantitative estimate of drug-likeness (QED) is 0.590. The molecule has 0 aliphatic carbocycles. The van der Waals surface area contributed by atoms with Crippen molar-refractivity contribution in [2.75, 3.05) is 0 Å². The summed E-state index contributed by atoms with van der Waals surface area (Å²) in [5.74, 6) is 0. The van der Waals surface area contributed by atoms with Gasteiger partial charge in [-0.05, 0) is 0 Å². The number of aromatic nitrogens is 1. The number of hydrogen-bond donors (Lipinski definition) is 0. The molecule has 23 heavy (non-hydrogen) atoms. The fourth-order valence-electron chi connectivity index (χ4n) is 2.73. The van der Waals surface area contributed by atoms with E-state index in [1.807, 2.05) is 43.3 Å². The van der Waals surface area contributed by atoms with E-state index in [0.29, 0.717) is 4.90 Å². The van der Waals surface area contributed by atoms with Gasteiger partial charge in [-0.2, -0.15) is 0 Å². The van der Waals surface area contributed by atoms with Gasteiger partial charge in [-0.1, -0.05) is 0 Å². The number of aryl methyl sites for hydroxylation is 1. The zero-order chi connectivity index (χ0) is 16.8. The van der Waals surface area contributed by atoms with Crippen LogP contribution in [0.4, 0.5) is 0 Å². The van der Waals surface area contributed by atoms with E-state index in [1.54, 1.807) is 16.1 Å². The van der Waals surface area contributed by atoms with Crippen LogP contribution in [-0.2, 0) is 10.0 Å². The first kappa shape index (κ1) is 16.6. The van der Waals surface area contributed by atoms with Crippen molar-refractivity contribution in [3.05, 3.63) is 60.2 Å². The van der Waals surface area contributed by atoms with Crippen molar-refractivity contribution in [3.8, 4) is 0 Å². The standard InChI is InChI=1S/C15H12NO2S.3CH3.Sn/c1-12-6-8-14(9-7-12)19(17,18)16-11-10-13-4-2-3-5-15(13)16;;;;/h2-10H,1H3;3*1H3;. The van der Waals surface area contributed by atoms with E-state index in [2.05, 4.69) is 20.9 Å². The molecule has 0 spiro atoms. The van der Waals surface area contributed by atoms with Crippen molar-refractivity contribution in [2.24, 2.45) is 0 Å². The van der Waals surface area contributed by atoms with Crippen LogP contribution in [0.2, 0.25) is 14.8 Å². The van der Waals surface area contributed by atoms with E-state index >= 15 is 0 Å². The van der Waals surface area contributed by atoms with Gasteiger partial charge in [0.2, 0.25) is 0 Å². The summed E-state index contributed by atoms with van der Waals surface area (Å²) in [6.07, 6.45) is 0. The summed E-state index contributed by atoms with van der Waals surface area (Å²) in [6.45, 7) is 1.96. The van der Waals surface area contributed by atoms with E-state index in [9.17, 15) is 8.42 Å². The molecule has 3 aromatic rings. The van der Waals surface area contributed by atoms with Crippen LogP contribution < -0.4 is 3.71 Å². The van der Waals surface area contributed by atoms with Gasteiger partial charge >= 0.3 is 142 Å². The molecule has 0 atom stereocenters. The predicted octanol–water partition coefficient (Wildman–Crippen LogP) is 3.73. The maximum absolute atomic E-state index is 13.3. The van der Waals surface area contributed by atoms with Crippen molar-refractivity contribution in [3.63, 3.8) is 0 Å². The molecule has 1 aromatic heterocycles. The van der Waals surface area contributed by atoms with Crippen LogP contribution in [0.1, 0.15) is 5.56 Å². The first-order valence-electron chi connectivity index (χ1n) is 7.64. The van der Waals surface area contributed by atoms with E-state index in [0.717, 1.165) is 20.2 Å². The van der Waals surface area contributed by atoms with E-state index in [4.69, 9.17) is 0 Å². The fraction of sp³-hybridized carbons (Fsp3) is 0.222. The van der Waals surface area contributed by atoms with Crippen LogP contribution in [0.3, 0.4) is 0 Å². The monoisotopic (exact) mass is 435 g/mol. The Hall–Kier alpha value is -1.27. The minimum atomic E-state index is -3.58. The molecule has 0 fully saturated rings. The van der Waals surface area contributed by atoms with Gasteiger partial charge in [0, 0.05) is 0 Å². The molecular formula is C18H21NO2SSn. The van der Waals surface area contributed by atoms with Gasteiger partial charge in [0.05, 0.1) is 0 Å². The normalized spacial score (nSPS) is 12.7. The average molecular weight is 434 g/mol. The summed E-state index contributed by atoms with van der Waals surface area (Å²) in [5.41, 5.74) is 1.83. The SMILES string of the molecule is Cc1ccc(S(=O)(=O)n2[c]([Sn]([CH3])([CH3])[CH3])cc3ccccc32)cc1. The van der Waals surface area contributed by atoms with Crippen LogP contribution in [0, 0.1) is 6.92 Å². The molecule has 0 saturated heterocycles. The topological polar surface area (TPSA) is 39.1 Å². The Morgan fingerprint density at radius 3 is 2.13 bits per heavy atom. The molecule has 0 unspecified atom stereocenters. The van der Waals surface area contributed by atoms with E-state index in [-0.39, 0.29) is 0 Å². The van der Waals surface area contributed by atoms with Crippen molar-refractivity contribution in [1.82, 2.24) is 3.97 Å². The average Bonchev–Trinajstić information content (AvgIpc) is 2.88. The Bertz CT molecular complexity index is 964. The number of rotatable bonds is 3. The Morgan fingerprint density at radius 1 is 0.913 bits per heavy atom. The molecule has 1 heterocycles. The second-order valence-corrected chi connectivity index (χ2v) is 23.0. The van der Waals surface area contributed by atoms with Gasteiger partial charge in [-0.15, -0.1) is 0 Å². The summed E-state index contributed by atoms with van der Waals surface area (Å²) in [7, 11) is -3.58. The first-order chi connectivity index (χ1) is 10.7. The Labute approximate surface area is 141 Å². The number of hydrogen-bond acceptors (Lipinski definition) is 2. The van der Waals surface area contributed by atoms with E-state index < -0.39 is 28.4 Å². The molecular weight excluding hydrogens is 413 g/mol. The van der Waals surface area contributed by atoms with Crippen molar-refractivity contribution >= 4 is 43.0 Å². The Morgan fingerprint density at radius 2 is 1.52 bits per heavy atom. The van der Waals surface area contributed by atoms with Crippen molar-refractivity contribution in [1.29, 1.82) is 0 Å². The number of nitrogens with zero attached hydrogens (tertiary/aromatic N) is 1. The molecule has 0 saturated carbocycles. The second-order valence-electron chi connectivity index (χ2n) is 6.92. The summed E-state index contributed by atoms with van der Waals surface area (Å²) in [6, 6.07) is 16.9. The summed E-state index contributed by atoms with van der Waals surface area (Å²) < 4.78 is 29.2. The number of para-hydroxylation sites is 1. The van der Waals surface area contributed by atoms with Crippen LogP contribution in [0.25, 0.3) is 10.9 Å².